The summed E-state index contributed by atoms with van der Waals surface area (Å²) in [6.07, 6.45) is -4.65. The maximum Gasteiger partial charge on any atom is 0.416 e. The number of carbonyl (C=O) groups is 1. The molecule has 0 aliphatic rings. The summed E-state index contributed by atoms with van der Waals surface area (Å²) in [5.41, 5.74) is -1.24. The summed E-state index contributed by atoms with van der Waals surface area (Å²) in [6.45, 7) is 8.45. The zero-order valence-electron chi connectivity index (χ0n) is 18.7. The van der Waals surface area contributed by atoms with Crippen LogP contribution < -0.4 is 4.74 Å². The van der Waals surface area contributed by atoms with E-state index in [0.29, 0.717) is 6.07 Å². The average molecular weight is 481 g/mol. The normalized spacial score (nSPS) is 12.6. The summed E-state index contributed by atoms with van der Waals surface area (Å²) in [6, 6.07) is 9.84. The van der Waals surface area contributed by atoms with Crippen molar-refractivity contribution in [1.29, 1.82) is 0 Å². The average Bonchev–Trinajstić information content (AvgIpc) is 3.04. The molecule has 0 unspecified atom stereocenters. The van der Waals surface area contributed by atoms with Crippen molar-refractivity contribution in [2.24, 2.45) is 0 Å². The third-order valence-corrected chi connectivity index (χ3v) is 6.72. The van der Waals surface area contributed by atoms with E-state index < -0.39 is 33.1 Å². The van der Waals surface area contributed by atoms with Crippen molar-refractivity contribution in [3.63, 3.8) is 0 Å². The van der Waals surface area contributed by atoms with Crippen LogP contribution in [-0.4, -0.2) is 24.2 Å². The van der Waals surface area contributed by atoms with Gasteiger partial charge in [0.05, 0.1) is 27.3 Å². The van der Waals surface area contributed by atoms with Crippen LogP contribution in [0, 0.1) is 13.8 Å². The van der Waals surface area contributed by atoms with Gasteiger partial charge in [0.25, 0.3) is 0 Å². The smallest absolute Gasteiger partial charge is 0.403 e. The Labute approximate surface area is 189 Å². The maximum absolute atomic E-state index is 13.4. The fourth-order valence-electron chi connectivity index (χ4n) is 3.15. The van der Waals surface area contributed by atoms with Crippen LogP contribution in [0.3, 0.4) is 0 Å². The number of aryl methyl sites for hydroxylation is 2. The molecule has 3 aromatic rings. The van der Waals surface area contributed by atoms with E-state index in [-0.39, 0.29) is 26.9 Å². The molecule has 0 bridgehead atoms. The van der Waals surface area contributed by atoms with Crippen molar-refractivity contribution >= 4 is 15.8 Å². The second kappa shape index (κ2) is 8.33. The van der Waals surface area contributed by atoms with E-state index in [0.717, 1.165) is 23.8 Å². The summed E-state index contributed by atoms with van der Waals surface area (Å²) in [7, 11) is -4.16. The number of ether oxygens (including phenoxy) is 1. The van der Waals surface area contributed by atoms with Gasteiger partial charge in [0.1, 0.15) is 0 Å². The molecule has 6 nitrogen and oxygen atoms in total. The second-order valence-electron chi connectivity index (χ2n) is 8.59. The summed E-state index contributed by atoms with van der Waals surface area (Å²) < 4.78 is 72.8. The minimum absolute atomic E-state index is 0.0268. The Morgan fingerprint density at radius 1 is 1.00 bits per heavy atom. The number of halogens is 3. The fraction of sp³-hybridized carbons (Fsp3) is 0.304. The van der Waals surface area contributed by atoms with E-state index in [2.05, 4.69) is 5.10 Å². The van der Waals surface area contributed by atoms with Gasteiger partial charge in [0, 0.05) is 0 Å². The number of hydrogen-bond acceptors (Lipinski definition) is 5. The SMILES string of the molecule is Cc1ccc(S(=O)(=O)c2c(C)nn(C(C)(C)C)c2OC(=O)c2cccc(C(F)(F)F)c2)cc1. The fourth-order valence-corrected chi connectivity index (χ4v) is 4.67. The number of nitrogens with zero attached hydrogens (tertiary/aromatic N) is 2. The Balaban J connectivity index is 2.15. The summed E-state index contributed by atoms with van der Waals surface area (Å²) in [4.78, 5) is 12.5. The van der Waals surface area contributed by atoms with Gasteiger partial charge >= 0.3 is 12.1 Å². The van der Waals surface area contributed by atoms with Crippen molar-refractivity contribution in [1.82, 2.24) is 9.78 Å². The molecule has 0 amide bonds. The third kappa shape index (κ3) is 4.95. The number of aromatic nitrogens is 2. The van der Waals surface area contributed by atoms with E-state index in [4.69, 9.17) is 4.74 Å². The monoisotopic (exact) mass is 480 g/mol. The highest BCUT2D eigenvalue weighted by atomic mass is 32.2. The number of alkyl halides is 3. The zero-order valence-corrected chi connectivity index (χ0v) is 19.5. The number of rotatable bonds is 4. The quantitative estimate of drug-likeness (QED) is 0.472. The van der Waals surface area contributed by atoms with Gasteiger partial charge in [-0.1, -0.05) is 23.8 Å². The molecule has 2 aromatic carbocycles. The predicted octanol–water partition coefficient (Wildman–Crippen LogP) is 5.33. The second-order valence-corrected chi connectivity index (χ2v) is 10.5. The van der Waals surface area contributed by atoms with E-state index in [9.17, 15) is 26.4 Å². The molecule has 0 atom stereocenters. The summed E-state index contributed by atoms with van der Waals surface area (Å²) in [5, 5.41) is 4.28. The first-order chi connectivity index (χ1) is 15.1. The van der Waals surface area contributed by atoms with Crippen LogP contribution in [0.4, 0.5) is 13.2 Å². The van der Waals surface area contributed by atoms with Crippen molar-refractivity contribution in [3.05, 3.63) is 70.9 Å². The Morgan fingerprint density at radius 3 is 2.15 bits per heavy atom. The van der Waals surface area contributed by atoms with Crippen LogP contribution in [0.25, 0.3) is 0 Å². The van der Waals surface area contributed by atoms with Gasteiger partial charge in [-0.25, -0.2) is 17.9 Å². The van der Waals surface area contributed by atoms with Crippen molar-refractivity contribution in [2.75, 3.05) is 0 Å². The molecular weight excluding hydrogens is 457 g/mol. The Morgan fingerprint density at radius 2 is 1.61 bits per heavy atom. The standard InChI is InChI=1S/C23H23F3N2O4S/c1-14-9-11-18(12-10-14)33(30,31)19-15(2)27-28(22(3,4)5)20(19)32-21(29)16-7-6-8-17(13-16)23(24,25)26/h6-13H,1-5H3. The van der Waals surface area contributed by atoms with Crippen LogP contribution in [0.1, 0.15) is 48.0 Å². The van der Waals surface area contributed by atoms with Crippen LogP contribution in [0.2, 0.25) is 0 Å². The lowest BCUT2D eigenvalue weighted by Gasteiger charge is -2.22. The molecule has 10 heteroatoms. The van der Waals surface area contributed by atoms with Gasteiger partial charge in [-0.2, -0.15) is 18.3 Å². The van der Waals surface area contributed by atoms with Gasteiger partial charge in [-0.15, -0.1) is 0 Å². The van der Waals surface area contributed by atoms with Crippen LogP contribution in [-0.2, 0) is 21.6 Å². The lowest BCUT2D eigenvalue weighted by molar-refractivity contribution is -0.137. The highest BCUT2D eigenvalue weighted by Crippen LogP contribution is 2.36. The first-order valence-electron chi connectivity index (χ1n) is 9.93. The lowest BCUT2D eigenvalue weighted by Crippen LogP contribution is -2.26. The van der Waals surface area contributed by atoms with Gasteiger partial charge < -0.3 is 4.74 Å². The zero-order chi connectivity index (χ0) is 24.8. The topological polar surface area (TPSA) is 78.3 Å². The molecule has 0 N–H and O–H groups in total. The Kier molecular flexibility index (Phi) is 6.18. The van der Waals surface area contributed by atoms with Gasteiger partial charge in [-0.05, 0) is 65.0 Å². The van der Waals surface area contributed by atoms with Crippen molar-refractivity contribution in [3.8, 4) is 5.88 Å². The molecule has 3 rings (SSSR count). The van der Waals surface area contributed by atoms with Gasteiger partial charge in [0.2, 0.25) is 15.7 Å². The molecule has 0 saturated carbocycles. The van der Waals surface area contributed by atoms with Crippen molar-refractivity contribution < 1.29 is 31.1 Å². The number of hydrogen-bond donors (Lipinski definition) is 0. The molecule has 1 heterocycles. The molecule has 176 valence electrons. The molecule has 33 heavy (non-hydrogen) atoms. The molecular formula is C23H23F3N2O4S. The van der Waals surface area contributed by atoms with Gasteiger partial charge in [-0.3, -0.25) is 0 Å². The first-order valence-corrected chi connectivity index (χ1v) is 11.4. The molecule has 0 saturated heterocycles. The van der Waals surface area contributed by atoms with Gasteiger partial charge in [0.15, 0.2) is 4.90 Å². The first kappa shape index (κ1) is 24.5. The van der Waals surface area contributed by atoms with E-state index in [1.165, 1.54) is 23.7 Å². The van der Waals surface area contributed by atoms with Crippen LogP contribution in [0.15, 0.2) is 58.3 Å². The van der Waals surface area contributed by atoms with E-state index >= 15 is 0 Å². The molecule has 0 spiro atoms. The maximum atomic E-state index is 13.4. The highest BCUT2D eigenvalue weighted by Gasteiger charge is 2.35. The molecule has 0 aliphatic carbocycles. The Bertz CT molecular complexity index is 1300. The van der Waals surface area contributed by atoms with E-state index in [1.54, 1.807) is 32.9 Å². The molecule has 1 aromatic heterocycles. The number of benzene rings is 2. The largest absolute Gasteiger partial charge is 0.416 e. The third-order valence-electron chi connectivity index (χ3n) is 4.82. The minimum atomic E-state index is -4.65. The predicted molar refractivity (Wildman–Crippen MR) is 115 cm³/mol. The van der Waals surface area contributed by atoms with Crippen molar-refractivity contribution in [2.45, 2.75) is 56.1 Å². The molecule has 0 aliphatic heterocycles. The molecule has 0 fully saturated rings. The number of esters is 1. The highest BCUT2D eigenvalue weighted by molar-refractivity contribution is 7.91. The number of carbonyl (C=O) groups excluding carboxylic acids is 1. The summed E-state index contributed by atoms with van der Waals surface area (Å²) >= 11 is 0. The Hall–Kier alpha value is -3.14. The lowest BCUT2D eigenvalue weighted by atomic mass is 10.1. The molecule has 0 radical (unpaired) electrons. The van der Waals surface area contributed by atoms with E-state index in [1.807, 2.05) is 6.92 Å². The number of sulfone groups is 1. The summed E-state index contributed by atoms with van der Waals surface area (Å²) in [5.74, 6) is -1.49. The minimum Gasteiger partial charge on any atom is -0.403 e. The van der Waals surface area contributed by atoms with Crippen LogP contribution in [0.5, 0.6) is 5.88 Å². The van der Waals surface area contributed by atoms with Crippen LogP contribution >= 0.6 is 0 Å².